The van der Waals surface area contributed by atoms with Gasteiger partial charge in [-0.1, -0.05) is 11.6 Å². The zero-order chi connectivity index (χ0) is 13.7. The summed E-state index contributed by atoms with van der Waals surface area (Å²) in [4.78, 5) is 5.79. The van der Waals surface area contributed by atoms with Crippen molar-refractivity contribution in [2.24, 2.45) is 0 Å². The third-order valence-corrected chi connectivity index (χ3v) is 4.68. The summed E-state index contributed by atoms with van der Waals surface area (Å²) in [7, 11) is 0. The van der Waals surface area contributed by atoms with E-state index in [2.05, 4.69) is 35.4 Å². The molecule has 0 radical (unpaired) electrons. The molecule has 2 nitrogen and oxygen atoms in total. The molecule has 0 spiro atoms. The van der Waals surface area contributed by atoms with E-state index in [9.17, 15) is 0 Å². The molecule has 0 unspecified atom stereocenters. The van der Waals surface area contributed by atoms with Gasteiger partial charge in [0.1, 0.15) is 0 Å². The van der Waals surface area contributed by atoms with Crippen LogP contribution in [-0.2, 0) is 6.54 Å². The maximum atomic E-state index is 5.89. The highest BCUT2D eigenvalue weighted by molar-refractivity contribution is 7.99. The van der Waals surface area contributed by atoms with Gasteiger partial charge < -0.3 is 5.32 Å². The van der Waals surface area contributed by atoms with Crippen molar-refractivity contribution < 1.29 is 0 Å². The van der Waals surface area contributed by atoms with E-state index in [1.807, 2.05) is 13.0 Å². The first-order valence-electron chi connectivity index (χ1n) is 6.16. The number of hydrogen-bond acceptors (Lipinski definition) is 4. The molecule has 2 aromatic heterocycles. The number of hydrogen-bond donors (Lipinski definition) is 1. The highest BCUT2D eigenvalue weighted by atomic mass is 35.5. The molecular weight excluding hydrogens is 296 g/mol. The van der Waals surface area contributed by atoms with Gasteiger partial charge >= 0.3 is 0 Å². The maximum Gasteiger partial charge on any atom is 0.0966 e. The minimum atomic E-state index is 0.852. The number of rotatable bonds is 6. The normalized spacial score (nSPS) is 10.9. The van der Waals surface area contributed by atoms with Gasteiger partial charge in [0.2, 0.25) is 0 Å². The Labute approximate surface area is 127 Å². The molecule has 0 aliphatic carbocycles. The lowest BCUT2D eigenvalue weighted by atomic mass is 10.3. The van der Waals surface area contributed by atoms with E-state index in [1.54, 1.807) is 23.1 Å². The predicted molar refractivity (Wildman–Crippen MR) is 85.5 cm³/mol. The molecule has 0 fully saturated rings. The Morgan fingerprint density at radius 2 is 2.16 bits per heavy atom. The van der Waals surface area contributed by atoms with Crippen molar-refractivity contribution in [2.45, 2.75) is 25.4 Å². The van der Waals surface area contributed by atoms with E-state index >= 15 is 0 Å². The molecule has 0 saturated heterocycles. The number of thiophene rings is 1. The number of aromatic nitrogens is 1. The van der Waals surface area contributed by atoms with Crippen LogP contribution in [0.25, 0.3) is 0 Å². The van der Waals surface area contributed by atoms with Crippen molar-refractivity contribution >= 4 is 34.7 Å². The van der Waals surface area contributed by atoms with E-state index in [0.717, 1.165) is 33.9 Å². The van der Waals surface area contributed by atoms with Crippen LogP contribution in [0.4, 0.5) is 0 Å². The van der Waals surface area contributed by atoms with Crippen LogP contribution in [0.2, 0.25) is 4.34 Å². The van der Waals surface area contributed by atoms with Gasteiger partial charge in [-0.3, -0.25) is 0 Å². The first-order chi connectivity index (χ1) is 9.13. The molecule has 2 heterocycles. The molecule has 1 N–H and O–H groups in total. The van der Waals surface area contributed by atoms with Crippen LogP contribution in [-0.4, -0.2) is 17.3 Å². The summed E-state index contributed by atoms with van der Waals surface area (Å²) >= 11 is 9.31. The van der Waals surface area contributed by atoms with Gasteiger partial charge in [-0.05, 0) is 43.7 Å². The number of pyridine rings is 1. The first kappa shape index (κ1) is 14.9. The van der Waals surface area contributed by atoms with E-state index < -0.39 is 0 Å². The molecule has 2 rings (SSSR count). The molecule has 0 aliphatic rings. The second-order valence-corrected chi connectivity index (χ2v) is 7.27. The summed E-state index contributed by atoms with van der Waals surface area (Å²) in [6.45, 7) is 6.00. The van der Waals surface area contributed by atoms with Gasteiger partial charge in [0.15, 0.2) is 0 Å². The lowest BCUT2D eigenvalue weighted by Crippen LogP contribution is -2.15. The highest BCUT2D eigenvalue weighted by Crippen LogP contribution is 2.21. The molecule has 0 aliphatic heterocycles. The zero-order valence-corrected chi connectivity index (χ0v) is 13.5. The lowest BCUT2D eigenvalue weighted by Gasteiger charge is -2.05. The molecular formula is C14H17ClN2S2. The number of nitrogens with zero attached hydrogens (tertiary/aromatic N) is 1. The average molecular weight is 313 g/mol. The Hall–Kier alpha value is -0.550. The molecule has 102 valence electrons. The van der Waals surface area contributed by atoms with Gasteiger partial charge in [0.25, 0.3) is 0 Å². The fourth-order valence-corrected chi connectivity index (χ4v) is 3.75. The van der Waals surface area contributed by atoms with Crippen LogP contribution in [0.15, 0.2) is 29.3 Å². The highest BCUT2D eigenvalue weighted by Gasteiger charge is 2.00. The molecule has 0 aromatic carbocycles. The van der Waals surface area contributed by atoms with E-state index in [-0.39, 0.29) is 0 Å². The summed E-state index contributed by atoms with van der Waals surface area (Å²) in [5.41, 5.74) is 2.36. The minimum absolute atomic E-state index is 0.852. The summed E-state index contributed by atoms with van der Waals surface area (Å²) in [5, 5.41) is 4.53. The third-order valence-electron chi connectivity index (χ3n) is 2.53. The van der Waals surface area contributed by atoms with Crippen molar-refractivity contribution in [3.63, 3.8) is 0 Å². The van der Waals surface area contributed by atoms with Crippen LogP contribution >= 0.6 is 34.7 Å². The second kappa shape index (κ2) is 7.29. The zero-order valence-electron chi connectivity index (χ0n) is 11.1. The van der Waals surface area contributed by atoms with E-state index in [0.29, 0.717) is 0 Å². The Morgan fingerprint density at radius 3 is 2.84 bits per heavy atom. The Balaban J connectivity index is 1.69. The second-order valence-electron chi connectivity index (χ2n) is 4.36. The van der Waals surface area contributed by atoms with Gasteiger partial charge in [0.05, 0.1) is 9.36 Å². The molecule has 2 aromatic rings. The number of halogens is 1. The third kappa shape index (κ3) is 5.15. The van der Waals surface area contributed by atoms with Gasteiger partial charge in [0, 0.05) is 29.4 Å². The molecule has 0 amide bonds. The van der Waals surface area contributed by atoms with Crippen LogP contribution in [0.5, 0.6) is 0 Å². The first-order valence-corrected chi connectivity index (χ1v) is 8.34. The van der Waals surface area contributed by atoms with Gasteiger partial charge in [-0.2, -0.15) is 0 Å². The smallest absolute Gasteiger partial charge is 0.0966 e. The predicted octanol–water partition coefficient (Wildman–Crippen LogP) is 4.30. The van der Waals surface area contributed by atoms with Crippen LogP contribution in [0.3, 0.4) is 0 Å². The molecule has 0 bridgehead atoms. The van der Waals surface area contributed by atoms with E-state index in [4.69, 9.17) is 11.6 Å². The van der Waals surface area contributed by atoms with E-state index in [1.165, 1.54) is 10.4 Å². The summed E-state index contributed by atoms with van der Waals surface area (Å²) in [6, 6.07) is 8.25. The van der Waals surface area contributed by atoms with Crippen molar-refractivity contribution in [3.8, 4) is 0 Å². The Morgan fingerprint density at radius 1 is 1.32 bits per heavy atom. The monoisotopic (exact) mass is 312 g/mol. The van der Waals surface area contributed by atoms with Crippen molar-refractivity contribution in [3.05, 3.63) is 44.7 Å². The fourth-order valence-electron chi connectivity index (χ4n) is 1.76. The maximum absolute atomic E-state index is 5.89. The molecule has 5 heteroatoms. The van der Waals surface area contributed by atoms with Crippen molar-refractivity contribution in [2.75, 3.05) is 12.3 Å². The topological polar surface area (TPSA) is 24.9 Å². The lowest BCUT2D eigenvalue weighted by molar-refractivity contribution is 0.740. The van der Waals surface area contributed by atoms with Crippen LogP contribution in [0.1, 0.15) is 16.1 Å². The van der Waals surface area contributed by atoms with Gasteiger partial charge in [-0.15, -0.1) is 23.1 Å². The standard InChI is InChI=1S/C14H17ClN2S2/c1-10-7-11(2)17-14(8-10)18-6-5-16-9-12-3-4-13(15)19-12/h3-4,7-8,16H,5-6,9H2,1-2H3. The SMILES string of the molecule is Cc1cc(C)nc(SCCNCc2ccc(Cl)s2)c1. The fraction of sp³-hybridized carbons (Fsp3) is 0.357. The summed E-state index contributed by atoms with van der Waals surface area (Å²) < 4.78 is 0.852. The molecule has 0 atom stereocenters. The number of aryl methyl sites for hydroxylation is 2. The molecule has 19 heavy (non-hydrogen) atoms. The number of thioether (sulfide) groups is 1. The quantitative estimate of drug-likeness (QED) is 0.636. The van der Waals surface area contributed by atoms with Crippen molar-refractivity contribution in [1.82, 2.24) is 10.3 Å². The average Bonchev–Trinajstić information content (AvgIpc) is 2.73. The largest absolute Gasteiger partial charge is 0.311 e. The van der Waals surface area contributed by atoms with Gasteiger partial charge in [-0.25, -0.2) is 4.98 Å². The van der Waals surface area contributed by atoms with Crippen LogP contribution < -0.4 is 5.32 Å². The summed E-state index contributed by atoms with van der Waals surface area (Å²) in [6.07, 6.45) is 0. The summed E-state index contributed by atoms with van der Waals surface area (Å²) in [5.74, 6) is 1.02. The van der Waals surface area contributed by atoms with Crippen LogP contribution in [0, 0.1) is 13.8 Å². The number of nitrogens with one attached hydrogen (secondary N) is 1. The Kier molecular flexibility index (Phi) is 5.70. The Bertz CT molecular complexity index is 520. The van der Waals surface area contributed by atoms with Crippen molar-refractivity contribution in [1.29, 1.82) is 0 Å². The molecule has 0 saturated carbocycles. The minimum Gasteiger partial charge on any atom is -0.311 e.